The molecule has 0 aliphatic heterocycles. The Bertz CT molecular complexity index is 1090. The highest BCUT2D eigenvalue weighted by Gasteiger charge is 2.07. The molecule has 0 fully saturated rings. The fraction of sp³-hybridized carbons (Fsp3) is 0.105. The van der Waals surface area contributed by atoms with E-state index in [0.29, 0.717) is 0 Å². The third kappa shape index (κ3) is 2.89. The lowest BCUT2D eigenvalue weighted by atomic mass is 10.1. The number of hydrogen-bond acceptors (Lipinski definition) is 3. The number of nitrogens with one attached hydrogen (secondary N) is 2. The minimum Gasteiger partial charge on any atom is -0.358 e. The maximum atomic E-state index is 12.1. The third-order valence-electron chi connectivity index (χ3n) is 4.17. The monoisotopic (exact) mass is 331 g/mol. The van der Waals surface area contributed by atoms with Crippen molar-refractivity contribution in [2.24, 2.45) is 5.10 Å². The second-order valence-corrected chi connectivity index (χ2v) is 5.86. The van der Waals surface area contributed by atoms with E-state index >= 15 is 0 Å². The Morgan fingerprint density at radius 1 is 1.24 bits per heavy atom. The number of hydrogen-bond donors (Lipinski definition) is 2. The first-order chi connectivity index (χ1) is 12.2. The van der Waals surface area contributed by atoms with Crippen LogP contribution in [0.4, 0.5) is 0 Å². The summed E-state index contributed by atoms with van der Waals surface area (Å²) in [5, 5.41) is 5.19. The molecule has 2 aromatic carbocycles. The zero-order valence-electron chi connectivity index (χ0n) is 13.7. The molecule has 2 aromatic heterocycles. The van der Waals surface area contributed by atoms with Gasteiger partial charge in [0.15, 0.2) is 0 Å². The van der Waals surface area contributed by atoms with Crippen LogP contribution in [-0.4, -0.2) is 26.7 Å². The first kappa shape index (κ1) is 15.1. The Balaban J connectivity index is 1.48. The molecule has 6 nitrogen and oxygen atoms in total. The maximum Gasteiger partial charge on any atom is 0.260 e. The Kier molecular flexibility index (Phi) is 3.78. The van der Waals surface area contributed by atoms with E-state index in [0.717, 1.165) is 33.2 Å². The molecule has 0 saturated heterocycles. The van der Waals surface area contributed by atoms with Gasteiger partial charge in [0.2, 0.25) is 0 Å². The molecule has 6 heteroatoms. The van der Waals surface area contributed by atoms with E-state index in [4.69, 9.17) is 0 Å². The minimum atomic E-state index is -0.197. The second kappa shape index (κ2) is 6.24. The van der Waals surface area contributed by atoms with Crippen LogP contribution in [0.25, 0.3) is 21.9 Å². The van der Waals surface area contributed by atoms with E-state index in [1.807, 2.05) is 55.5 Å². The Morgan fingerprint density at radius 2 is 2.04 bits per heavy atom. The van der Waals surface area contributed by atoms with Gasteiger partial charge in [-0.05, 0) is 25.1 Å². The lowest BCUT2D eigenvalue weighted by molar-refractivity contribution is -0.121. The maximum absolute atomic E-state index is 12.1. The normalized spacial score (nSPS) is 11.6. The molecular formula is C19H17N5O. The standard InChI is InChI=1S/C19H17N5O/c1-13-15(14-6-2-3-7-16(14)22-13)10-21-23-19(25)11-24-12-20-17-8-4-5-9-18(17)24/h2-10,12,22H,11H2,1H3,(H,23,25)/b21-10+. The predicted molar refractivity (Wildman–Crippen MR) is 98.5 cm³/mol. The zero-order chi connectivity index (χ0) is 17.2. The van der Waals surface area contributed by atoms with E-state index in [9.17, 15) is 4.79 Å². The van der Waals surface area contributed by atoms with Gasteiger partial charge in [0.05, 0.1) is 23.6 Å². The van der Waals surface area contributed by atoms with Gasteiger partial charge in [-0.3, -0.25) is 4.79 Å². The molecule has 4 rings (SSSR count). The molecule has 0 aliphatic carbocycles. The fourth-order valence-corrected chi connectivity index (χ4v) is 2.96. The second-order valence-electron chi connectivity index (χ2n) is 5.86. The number of nitrogens with zero attached hydrogens (tertiary/aromatic N) is 3. The van der Waals surface area contributed by atoms with E-state index in [1.165, 1.54) is 0 Å². The summed E-state index contributed by atoms with van der Waals surface area (Å²) in [5.41, 5.74) is 7.42. The number of rotatable bonds is 4. The van der Waals surface area contributed by atoms with Crippen LogP contribution in [0.2, 0.25) is 0 Å². The Hall–Kier alpha value is -3.41. The minimum absolute atomic E-state index is 0.171. The first-order valence-electron chi connectivity index (χ1n) is 8.01. The number of aromatic nitrogens is 3. The molecular weight excluding hydrogens is 314 g/mol. The van der Waals surface area contributed by atoms with Crippen LogP contribution in [-0.2, 0) is 11.3 Å². The number of carbonyl (C=O) groups is 1. The van der Waals surface area contributed by atoms with Gasteiger partial charge in [0.1, 0.15) is 6.54 Å². The average Bonchev–Trinajstić information content (AvgIpc) is 3.16. The van der Waals surface area contributed by atoms with Crippen molar-refractivity contribution >= 4 is 34.1 Å². The smallest absolute Gasteiger partial charge is 0.260 e. The number of amides is 1. The van der Waals surface area contributed by atoms with Gasteiger partial charge >= 0.3 is 0 Å². The summed E-state index contributed by atoms with van der Waals surface area (Å²) in [6, 6.07) is 15.7. The van der Waals surface area contributed by atoms with Crippen molar-refractivity contribution < 1.29 is 4.79 Å². The summed E-state index contributed by atoms with van der Waals surface area (Å²) in [6.45, 7) is 2.16. The molecule has 2 N–H and O–H groups in total. The van der Waals surface area contributed by atoms with E-state index in [2.05, 4.69) is 20.5 Å². The highest BCUT2D eigenvalue weighted by atomic mass is 16.2. The summed E-state index contributed by atoms with van der Waals surface area (Å²) >= 11 is 0. The molecule has 0 aliphatic rings. The zero-order valence-corrected chi connectivity index (χ0v) is 13.7. The number of hydrazone groups is 1. The molecule has 0 bridgehead atoms. The quantitative estimate of drug-likeness (QED) is 0.445. The van der Waals surface area contributed by atoms with E-state index in [-0.39, 0.29) is 12.5 Å². The molecule has 0 saturated carbocycles. The summed E-state index contributed by atoms with van der Waals surface area (Å²) in [4.78, 5) is 19.7. The molecule has 0 radical (unpaired) electrons. The number of para-hydroxylation sites is 3. The Morgan fingerprint density at radius 3 is 2.96 bits per heavy atom. The molecule has 0 unspecified atom stereocenters. The van der Waals surface area contributed by atoms with Crippen LogP contribution in [0.15, 0.2) is 60.0 Å². The van der Waals surface area contributed by atoms with Gasteiger partial charge in [-0.1, -0.05) is 30.3 Å². The number of fused-ring (bicyclic) bond motifs is 2. The SMILES string of the molecule is Cc1[nH]c2ccccc2c1/C=N/NC(=O)Cn1cnc2ccccc21. The summed E-state index contributed by atoms with van der Waals surface area (Å²) in [6.07, 6.45) is 3.34. The molecule has 0 spiro atoms. The summed E-state index contributed by atoms with van der Waals surface area (Å²) in [7, 11) is 0. The van der Waals surface area contributed by atoms with Crippen LogP contribution < -0.4 is 5.43 Å². The highest BCUT2D eigenvalue weighted by molar-refractivity contribution is 6.00. The van der Waals surface area contributed by atoms with E-state index < -0.39 is 0 Å². The van der Waals surface area contributed by atoms with Gasteiger partial charge in [-0.15, -0.1) is 0 Å². The lowest BCUT2D eigenvalue weighted by Gasteiger charge is -2.02. The van der Waals surface area contributed by atoms with Gasteiger partial charge < -0.3 is 9.55 Å². The van der Waals surface area contributed by atoms with Crippen molar-refractivity contribution in [3.05, 3.63) is 66.1 Å². The molecule has 1 amide bonds. The van der Waals surface area contributed by atoms with Crippen LogP contribution in [0.1, 0.15) is 11.3 Å². The summed E-state index contributed by atoms with van der Waals surface area (Å²) < 4.78 is 1.80. The lowest BCUT2D eigenvalue weighted by Crippen LogP contribution is -2.22. The van der Waals surface area contributed by atoms with Gasteiger partial charge in [-0.25, -0.2) is 10.4 Å². The predicted octanol–water partition coefficient (Wildman–Crippen LogP) is 2.98. The fourth-order valence-electron chi connectivity index (χ4n) is 2.96. The van der Waals surface area contributed by atoms with Crippen LogP contribution in [0.5, 0.6) is 0 Å². The van der Waals surface area contributed by atoms with Crippen molar-refractivity contribution in [2.75, 3.05) is 0 Å². The number of benzene rings is 2. The largest absolute Gasteiger partial charge is 0.358 e. The van der Waals surface area contributed by atoms with Crippen molar-refractivity contribution in [1.29, 1.82) is 0 Å². The topological polar surface area (TPSA) is 75.1 Å². The van der Waals surface area contributed by atoms with Crippen LogP contribution >= 0.6 is 0 Å². The number of aromatic amines is 1. The van der Waals surface area contributed by atoms with Crippen molar-refractivity contribution in [3.8, 4) is 0 Å². The molecule has 25 heavy (non-hydrogen) atoms. The summed E-state index contributed by atoms with van der Waals surface area (Å²) in [5.74, 6) is -0.197. The molecule has 0 atom stereocenters. The number of aryl methyl sites for hydroxylation is 1. The Labute approximate surface area is 144 Å². The molecule has 124 valence electrons. The third-order valence-corrected chi connectivity index (χ3v) is 4.17. The average molecular weight is 331 g/mol. The first-order valence-corrected chi connectivity index (χ1v) is 8.01. The molecule has 4 aromatic rings. The number of imidazole rings is 1. The van der Waals surface area contributed by atoms with Gasteiger partial charge in [-0.2, -0.15) is 5.10 Å². The van der Waals surface area contributed by atoms with E-state index in [1.54, 1.807) is 17.1 Å². The van der Waals surface area contributed by atoms with Gasteiger partial charge in [0.25, 0.3) is 5.91 Å². The van der Waals surface area contributed by atoms with Gasteiger partial charge in [0, 0.05) is 22.2 Å². The highest BCUT2D eigenvalue weighted by Crippen LogP contribution is 2.19. The van der Waals surface area contributed by atoms with Crippen molar-refractivity contribution in [1.82, 2.24) is 20.0 Å². The van der Waals surface area contributed by atoms with Crippen LogP contribution in [0.3, 0.4) is 0 Å². The molecule has 2 heterocycles. The number of H-pyrrole nitrogens is 1. The van der Waals surface area contributed by atoms with Crippen molar-refractivity contribution in [2.45, 2.75) is 13.5 Å². The van der Waals surface area contributed by atoms with Crippen LogP contribution in [0, 0.1) is 6.92 Å². The number of carbonyl (C=O) groups excluding carboxylic acids is 1. The van der Waals surface area contributed by atoms with Crippen molar-refractivity contribution in [3.63, 3.8) is 0 Å².